The lowest BCUT2D eigenvalue weighted by Crippen LogP contribution is -2.43. The number of amides is 1. The summed E-state index contributed by atoms with van der Waals surface area (Å²) in [6.45, 7) is 0.907. The van der Waals surface area contributed by atoms with Crippen molar-refractivity contribution in [1.29, 1.82) is 0 Å². The fourth-order valence-corrected chi connectivity index (χ4v) is 2.67. The third kappa shape index (κ3) is 7.79. The fraction of sp³-hybridized carbons (Fsp3) is 0.300. The Morgan fingerprint density at radius 3 is 2.33 bits per heavy atom. The van der Waals surface area contributed by atoms with Crippen LogP contribution in [-0.2, 0) is 17.9 Å². The number of rotatable bonds is 7. The van der Waals surface area contributed by atoms with Crippen LogP contribution in [0.2, 0.25) is 5.02 Å². The average molecular weight is 546 g/mol. The van der Waals surface area contributed by atoms with Crippen molar-refractivity contribution >= 4 is 53.1 Å². The van der Waals surface area contributed by atoms with Crippen LogP contribution in [0, 0.1) is 10.1 Å². The summed E-state index contributed by atoms with van der Waals surface area (Å²) >= 11 is 6.25. The third-order valence-corrected chi connectivity index (χ3v) is 4.55. The van der Waals surface area contributed by atoms with Crippen molar-refractivity contribution in [2.75, 3.05) is 27.7 Å². The molecule has 2 rings (SSSR count). The van der Waals surface area contributed by atoms with E-state index in [0.29, 0.717) is 24.1 Å². The van der Waals surface area contributed by atoms with Crippen molar-refractivity contribution in [3.8, 4) is 0 Å². The number of halogens is 2. The first-order valence-corrected chi connectivity index (χ1v) is 9.32. The van der Waals surface area contributed by atoms with Crippen LogP contribution in [-0.4, -0.2) is 54.3 Å². The average Bonchev–Trinajstić information content (AvgIpc) is 2.69. The molecule has 0 bridgehead atoms. The zero-order chi connectivity index (χ0) is 21.4. The molecule has 1 N–H and O–H groups in total. The molecule has 30 heavy (non-hydrogen) atoms. The number of carbonyl (C=O) groups excluding carboxylic acids is 1. The van der Waals surface area contributed by atoms with Gasteiger partial charge in [0, 0.05) is 44.8 Å². The van der Waals surface area contributed by atoms with Crippen molar-refractivity contribution in [2.45, 2.75) is 13.1 Å². The Morgan fingerprint density at radius 2 is 1.77 bits per heavy atom. The Balaban J connectivity index is 0.00000450. The van der Waals surface area contributed by atoms with Gasteiger partial charge in [0.2, 0.25) is 5.91 Å². The lowest BCUT2D eigenvalue weighted by atomic mass is 10.2. The zero-order valence-electron chi connectivity index (χ0n) is 17.0. The van der Waals surface area contributed by atoms with Gasteiger partial charge < -0.3 is 15.1 Å². The van der Waals surface area contributed by atoms with Crippen LogP contribution < -0.4 is 5.32 Å². The van der Waals surface area contributed by atoms with Gasteiger partial charge in [-0.1, -0.05) is 41.9 Å². The molecule has 0 unspecified atom stereocenters. The van der Waals surface area contributed by atoms with Crippen LogP contribution in [0.4, 0.5) is 5.69 Å². The first-order valence-electron chi connectivity index (χ1n) is 8.94. The summed E-state index contributed by atoms with van der Waals surface area (Å²) in [5, 5.41) is 14.5. The Hall–Kier alpha value is -2.40. The van der Waals surface area contributed by atoms with Gasteiger partial charge in [-0.25, -0.2) is 4.99 Å². The predicted molar refractivity (Wildman–Crippen MR) is 129 cm³/mol. The second-order valence-electron chi connectivity index (χ2n) is 6.65. The van der Waals surface area contributed by atoms with Gasteiger partial charge in [-0.15, -0.1) is 24.0 Å². The molecule has 0 heterocycles. The Bertz CT molecular complexity index is 890. The maximum atomic E-state index is 12.0. The third-order valence-electron chi connectivity index (χ3n) is 4.18. The number of non-ortho nitro benzene ring substituents is 1. The Kier molecular flexibility index (Phi) is 10.5. The molecular weight excluding hydrogens is 521 g/mol. The number of guanidine groups is 1. The number of nitrogens with zero attached hydrogens (tertiary/aromatic N) is 4. The molecule has 0 aliphatic carbocycles. The SMILES string of the molecule is CN(C)C(=O)CNC(=NCc1ccc([N+](=O)[O-])cc1)N(C)Cc1ccccc1Cl.I. The molecule has 0 saturated heterocycles. The van der Waals surface area contributed by atoms with E-state index >= 15 is 0 Å². The van der Waals surface area contributed by atoms with E-state index in [0.717, 1.165) is 11.1 Å². The number of nitro benzene ring substituents is 1. The van der Waals surface area contributed by atoms with Crippen LogP contribution in [0.3, 0.4) is 0 Å². The minimum atomic E-state index is -0.440. The molecule has 8 nitrogen and oxygen atoms in total. The number of hydrogen-bond acceptors (Lipinski definition) is 4. The first-order chi connectivity index (χ1) is 13.8. The molecular formula is C20H25ClIN5O3. The van der Waals surface area contributed by atoms with E-state index in [-0.39, 0.29) is 42.1 Å². The number of likely N-dealkylation sites (N-methyl/N-ethyl adjacent to an activating group) is 1. The highest BCUT2D eigenvalue weighted by atomic mass is 127. The molecule has 0 radical (unpaired) electrons. The number of nitro groups is 1. The fourth-order valence-electron chi connectivity index (χ4n) is 2.47. The molecule has 2 aromatic rings. The van der Waals surface area contributed by atoms with Crippen molar-refractivity contribution in [3.63, 3.8) is 0 Å². The zero-order valence-corrected chi connectivity index (χ0v) is 20.1. The topological polar surface area (TPSA) is 91.1 Å². The van der Waals surface area contributed by atoms with E-state index in [1.807, 2.05) is 36.2 Å². The standard InChI is InChI=1S/C20H24ClN5O3.HI/c1-24(2)19(27)13-23-20(25(3)14-16-6-4-5-7-18(16)21)22-12-15-8-10-17(11-9-15)26(28)29;/h4-11H,12-14H2,1-3H3,(H,22,23);1H. The molecule has 0 aliphatic rings. The summed E-state index contributed by atoms with van der Waals surface area (Å²) < 4.78 is 0. The monoisotopic (exact) mass is 545 g/mol. The smallest absolute Gasteiger partial charge is 0.269 e. The molecule has 2 aromatic carbocycles. The lowest BCUT2D eigenvalue weighted by Gasteiger charge is -2.23. The van der Waals surface area contributed by atoms with Crippen LogP contribution in [0.25, 0.3) is 0 Å². The minimum absolute atomic E-state index is 0. The summed E-state index contributed by atoms with van der Waals surface area (Å²) in [6, 6.07) is 13.7. The minimum Gasteiger partial charge on any atom is -0.347 e. The molecule has 0 saturated carbocycles. The van der Waals surface area contributed by atoms with Crippen molar-refractivity contribution < 1.29 is 9.72 Å². The Labute approximate surface area is 198 Å². The quantitative estimate of drug-likeness (QED) is 0.189. The molecule has 0 spiro atoms. The second kappa shape index (κ2) is 12.3. The highest BCUT2D eigenvalue weighted by Crippen LogP contribution is 2.17. The van der Waals surface area contributed by atoms with Crippen LogP contribution in [0.1, 0.15) is 11.1 Å². The van der Waals surface area contributed by atoms with Gasteiger partial charge in [0.1, 0.15) is 0 Å². The van der Waals surface area contributed by atoms with Gasteiger partial charge in [-0.2, -0.15) is 0 Å². The number of aliphatic imine (C=N–C) groups is 1. The molecule has 0 aromatic heterocycles. The van der Waals surface area contributed by atoms with Gasteiger partial charge >= 0.3 is 0 Å². The molecule has 10 heteroatoms. The van der Waals surface area contributed by atoms with Gasteiger partial charge in [0.05, 0.1) is 18.0 Å². The normalized spacial score (nSPS) is 10.7. The predicted octanol–water partition coefficient (Wildman–Crippen LogP) is 3.53. The number of nitrogens with one attached hydrogen (secondary N) is 1. The van der Waals surface area contributed by atoms with Crippen molar-refractivity contribution in [1.82, 2.24) is 15.1 Å². The van der Waals surface area contributed by atoms with E-state index in [1.165, 1.54) is 17.0 Å². The van der Waals surface area contributed by atoms with Gasteiger partial charge in [0.25, 0.3) is 5.69 Å². The van der Waals surface area contributed by atoms with Gasteiger partial charge in [-0.05, 0) is 17.2 Å². The summed E-state index contributed by atoms with van der Waals surface area (Å²) in [5.74, 6) is 0.442. The van der Waals surface area contributed by atoms with E-state index in [4.69, 9.17) is 11.6 Å². The molecule has 0 fully saturated rings. The first kappa shape index (κ1) is 25.6. The number of carbonyl (C=O) groups is 1. The van der Waals surface area contributed by atoms with Crippen molar-refractivity contribution in [3.05, 3.63) is 74.8 Å². The van der Waals surface area contributed by atoms with Crippen LogP contribution in [0.15, 0.2) is 53.5 Å². The number of hydrogen-bond donors (Lipinski definition) is 1. The highest BCUT2D eigenvalue weighted by Gasteiger charge is 2.12. The maximum Gasteiger partial charge on any atom is 0.269 e. The molecule has 0 aliphatic heterocycles. The van der Waals surface area contributed by atoms with Crippen molar-refractivity contribution in [2.24, 2.45) is 4.99 Å². The molecule has 0 atom stereocenters. The van der Waals surface area contributed by atoms with E-state index in [9.17, 15) is 14.9 Å². The van der Waals surface area contributed by atoms with Gasteiger partial charge in [-0.3, -0.25) is 14.9 Å². The molecule has 1 amide bonds. The second-order valence-corrected chi connectivity index (χ2v) is 7.06. The van der Waals surface area contributed by atoms with E-state index in [1.54, 1.807) is 26.2 Å². The van der Waals surface area contributed by atoms with Crippen LogP contribution in [0.5, 0.6) is 0 Å². The summed E-state index contributed by atoms with van der Waals surface area (Å²) in [6.07, 6.45) is 0. The summed E-state index contributed by atoms with van der Waals surface area (Å²) in [5.41, 5.74) is 1.78. The number of benzene rings is 2. The largest absolute Gasteiger partial charge is 0.347 e. The maximum absolute atomic E-state index is 12.0. The summed E-state index contributed by atoms with van der Waals surface area (Å²) in [7, 11) is 5.22. The van der Waals surface area contributed by atoms with E-state index < -0.39 is 4.92 Å². The highest BCUT2D eigenvalue weighted by molar-refractivity contribution is 14.0. The van der Waals surface area contributed by atoms with Gasteiger partial charge in [0.15, 0.2) is 5.96 Å². The molecule has 162 valence electrons. The Morgan fingerprint density at radius 1 is 1.13 bits per heavy atom. The van der Waals surface area contributed by atoms with E-state index in [2.05, 4.69) is 10.3 Å². The summed E-state index contributed by atoms with van der Waals surface area (Å²) in [4.78, 5) is 30.2. The van der Waals surface area contributed by atoms with Crippen LogP contribution >= 0.6 is 35.6 Å². The lowest BCUT2D eigenvalue weighted by molar-refractivity contribution is -0.384.